The number of rotatable bonds is 9. The minimum Gasteiger partial charge on any atom is -0.492 e. The average Bonchev–Trinajstić information content (AvgIpc) is 2.72. The van der Waals surface area contributed by atoms with Crippen LogP contribution in [0.25, 0.3) is 0 Å². The first kappa shape index (κ1) is 19.2. The molecule has 2 nitrogen and oxygen atoms in total. The zero-order chi connectivity index (χ0) is 18.9. The highest BCUT2D eigenvalue weighted by Crippen LogP contribution is 2.27. The number of hydrogen-bond donors (Lipinski definition) is 1. The number of aryl methyl sites for hydroxylation is 1. The molecule has 3 rings (SSSR count). The molecule has 0 saturated heterocycles. The van der Waals surface area contributed by atoms with Gasteiger partial charge in [0.25, 0.3) is 0 Å². The van der Waals surface area contributed by atoms with E-state index in [1.54, 1.807) is 0 Å². The third-order valence-corrected chi connectivity index (χ3v) is 4.85. The molecule has 0 fully saturated rings. The summed E-state index contributed by atoms with van der Waals surface area (Å²) in [6.07, 6.45) is 1.06. The second-order valence-corrected chi connectivity index (χ2v) is 7.14. The van der Waals surface area contributed by atoms with Crippen molar-refractivity contribution < 1.29 is 4.74 Å². The summed E-state index contributed by atoms with van der Waals surface area (Å²) in [7, 11) is 0. The summed E-state index contributed by atoms with van der Waals surface area (Å²) in [6, 6.07) is 30.1. The third-order valence-electron chi connectivity index (χ3n) is 4.85. The van der Waals surface area contributed by atoms with Crippen LogP contribution in [-0.2, 0) is 0 Å². The van der Waals surface area contributed by atoms with E-state index in [9.17, 15) is 0 Å². The Kier molecular flexibility index (Phi) is 7.06. The zero-order valence-corrected chi connectivity index (χ0v) is 16.3. The number of hydrogen-bond acceptors (Lipinski definition) is 2. The largest absolute Gasteiger partial charge is 0.492 e. The van der Waals surface area contributed by atoms with Gasteiger partial charge in [0.2, 0.25) is 0 Å². The van der Waals surface area contributed by atoms with E-state index in [0.717, 1.165) is 18.7 Å². The van der Waals surface area contributed by atoms with Gasteiger partial charge >= 0.3 is 0 Å². The van der Waals surface area contributed by atoms with Crippen molar-refractivity contribution in [2.45, 2.75) is 32.2 Å². The van der Waals surface area contributed by atoms with Gasteiger partial charge in [0.1, 0.15) is 12.4 Å². The third kappa shape index (κ3) is 5.97. The lowest BCUT2D eigenvalue weighted by Crippen LogP contribution is -2.33. The van der Waals surface area contributed by atoms with Crippen molar-refractivity contribution in [1.29, 1.82) is 0 Å². The standard InChI is InChI=1S/C25H29NO/c1-20-13-15-24(16-14-20)27-19-21(2)26-18-17-25(22-9-5-3-6-10-22)23-11-7-4-8-12-23/h3-16,21,25-26H,17-19H2,1-2H3/t21-/m1/s1. The van der Waals surface area contributed by atoms with Crippen LogP contribution in [-0.4, -0.2) is 19.2 Å². The topological polar surface area (TPSA) is 21.3 Å². The van der Waals surface area contributed by atoms with Crippen molar-refractivity contribution in [3.05, 3.63) is 102 Å². The fourth-order valence-electron chi connectivity index (χ4n) is 3.29. The molecule has 1 atom stereocenters. The van der Waals surface area contributed by atoms with Gasteiger partial charge in [0, 0.05) is 12.0 Å². The molecule has 2 heteroatoms. The highest BCUT2D eigenvalue weighted by molar-refractivity contribution is 5.32. The lowest BCUT2D eigenvalue weighted by Gasteiger charge is -2.20. The molecule has 140 valence electrons. The van der Waals surface area contributed by atoms with Crippen LogP contribution in [0.1, 0.15) is 36.0 Å². The van der Waals surface area contributed by atoms with Crippen molar-refractivity contribution in [2.24, 2.45) is 0 Å². The molecule has 3 aromatic carbocycles. The first-order valence-corrected chi connectivity index (χ1v) is 9.75. The lowest BCUT2D eigenvalue weighted by atomic mass is 9.88. The van der Waals surface area contributed by atoms with Gasteiger partial charge in [-0.25, -0.2) is 0 Å². The molecule has 0 saturated carbocycles. The van der Waals surface area contributed by atoms with E-state index in [2.05, 4.69) is 92.0 Å². The highest BCUT2D eigenvalue weighted by Gasteiger charge is 2.14. The Morgan fingerprint density at radius 1 is 0.778 bits per heavy atom. The van der Waals surface area contributed by atoms with Crippen LogP contribution in [0.2, 0.25) is 0 Å². The smallest absolute Gasteiger partial charge is 0.119 e. The second-order valence-electron chi connectivity index (χ2n) is 7.14. The van der Waals surface area contributed by atoms with E-state index in [1.807, 2.05) is 12.1 Å². The molecule has 1 N–H and O–H groups in total. The lowest BCUT2D eigenvalue weighted by molar-refractivity contribution is 0.272. The van der Waals surface area contributed by atoms with Crippen LogP contribution in [0.3, 0.4) is 0 Å². The molecular formula is C25H29NO. The van der Waals surface area contributed by atoms with Crippen molar-refractivity contribution in [1.82, 2.24) is 5.32 Å². The summed E-state index contributed by atoms with van der Waals surface area (Å²) >= 11 is 0. The van der Waals surface area contributed by atoms with E-state index in [0.29, 0.717) is 18.6 Å². The van der Waals surface area contributed by atoms with Crippen LogP contribution < -0.4 is 10.1 Å². The monoisotopic (exact) mass is 359 g/mol. The maximum atomic E-state index is 5.89. The van der Waals surface area contributed by atoms with Crippen molar-refractivity contribution in [3.63, 3.8) is 0 Å². The molecule has 0 radical (unpaired) electrons. The summed E-state index contributed by atoms with van der Waals surface area (Å²) in [5.74, 6) is 1.34. The fraction of sp³-hybridized carbons (Fsp3) is 0.280. The molecule has 0 aliphatic heterocycles. The number of benzene rings is 3. The summed E-state index contributed by atoms with van der Waals surface area (Å²) in [4.78, 5) is 0. The van der Waals surface area contributed by atoms with Crippen LogP contribution in [0.5, 0.6) is 5.75 Å². The van der Waals surface area contributed by atoms with Gasteiger partial charge in [-0.2, -0.15) is 0 Å². The Morgan fingerprint density at radius 3 is 1.89 bits per heavy atom. The Bertz CT molecular complexity index is 744. The second kappa shape index (κ2) is 9.94. The molecular weight excluding hydrogens is 330 g/mol. The number of nitrogens with one attached hydrogen (secondary N) is 1. The Morgan fingerprint density at radius 2 is 1.33 bits per heavy atom. The Hall–Kier alpha value is -2.58. The zero-order valence-electron chi connectivity index (χ0n) is 16.3. The maximum absolute atomic E-state index is 5.89. The quantitative estimate of drug-likeness (QED) is 0.539. The van der Waals surface area contributed by atoms with Gasteiger partial charge in [-0.3, -0.25) is 0 Å². The average molecular weight is 360 g/mol. The summed E-state index contributed by atoms with van der Waals surface area (Å²) in [6.45, 7) is 5.88. The molecule has 0 amide bonds. The molecule has 0 aromatic heterocycles. The molecule has 0 unspecified atom stereocenters. The van der Waals surface area contributed by atoms with Crippen LogP contribution >= 0.6 is 0 Å². The predicted octanol–water partition coefficient (Wildman–Crippen LogP) is 5.57. The van der Waals surface area contributed by atoms with Crippen molar-refractivity contribution in [2.75, 3.05) is 13.2 Å². The van der Waals surface area contributed by atoms with Gasteiger partial charge in [-0.05, 0) is 50.1 Å². The molecule has 0 heterocycles. The van der Waals surface area contributed by atoms with E-state index < -0.39 is 0 Å². The molecule has 0 aliphatic carbocycles. The van der Waals surface area contributed by atoms with Crippen molar-refractivity contribution in [3.8, 4) is 5.75 Å². The minimum atomic E-state index is 0.304. The minimum absolute atomic E-state index is 0.304. The van der Waals surface area contributed by atoms with Gasteiger partial charge in [-0.15, -0.1) is 0 Å². The fourth-order valence-corrected chi connectivity index (χ4v) is 3.29. The molecule has 3 aromatic rings. The van der Waals surface area contributed by atoms with Gasteiger partial charge < -0.3 is 10.1 Å². The van der Waals surface area contributed by atoms with Crippen LogP contribution in [0.15, 0.2) is 84.9 Å². The van der Waals surface area contributed by atoms with E-state index in [-0.39, 0.29) is 0 Å². The maximum Gasteiger partial charge on any atom is 0.119 e. The summed E-state index contributed by atoms with van der Waals surface area (Å²) in [5.41, 5.74) is 3.99. The molecule has 27 heavy (non-hydrogen) atoms. The van der Waals surface area contributed by atoms with E-state index >= 15 is 0 Å². The Labute approximate surface area is 163 Å². The van der Waals surface area contributed by atoms with Crippen LogP contribution in [0.4, 0.5) is 0 Å². The first-order chi connectivity index (χ1) is 13.2. The summed E-state index contributed by atoms with van der Waals surface area (Å²) in [5, 5.41) is 3.61. The van der Waals surface area contributed by atoms with Gasteiger partial charge in [0.15, 0.2) is 0 Å². The summed E-state index contributed by atoms with van der Waals surface area (Å²) < 4.78 is 5.89. The number of ether oxygens (including phenoxy) is 1. The van der Waals surface area contributed by atoms with E-state index in [1.165, 1.54) is 16.7 Å². The SMILES string of the molecule is Cc1ccc(OC[C@@H](C)NCCC(c2ccccc2)c2ccccc2)cc1. The molecule has 0 bridgehead atoms. The highest BCUT2D eigenvalue weighted by atomic mass is 16.5. The normalized spacial score (nSPS) is 12.1. The first-order valence-electron chi connectivity index (χ1n) is 9.75. The van der Waals surface area contributed by atoms with Gasteiger partial charge in [-0.1, -0.05) is 78.4 Å². The Balaban J connectivity index is 1.52. The van der Waals surface area contributed by atoms with Crippen LogP contribution in [0, 0.1) is 6.92 Å². The molecule has 0 aliphatic rings. The molecule has 0 spiro atoms. The predicted molar refractivity (Wildman–Crippen MR) is 113 cm³/mol. The van der Waals surface area contributed by atoms with Crippen molar-refractivity contribution >= 4 is 0 Å². The van der Waals surface area contributed by atoms with Gasteiger partial charge in [0.05, 0.1) is 0 Å². The van der Waals surface area contributed by atoms with E-state index in [4.69, 9.17) is 4.74 Å².